The predicted molar refractivity (Wildman–Crippen MR) is 198 cm³/mol. The third-order valence-electron chi connectivity index (χ3n) is 8.90. The number of carbonyl (C=O) groups excluding carboxylic acids is 1. The number of nitrogens with zero attached hydrogens (tertiary/aromatic N) is 1. The number of aliphatic hydroxyl groups excluding tert-OH is 2. The number of unbranched alkanes of at least 4 members (excludes halogenated alkanes) is 18. The highest BCUT2D eigenvalue weighted by molar-refractivity contribution is 5.75. The number of allylic oxidation sites excluding steroid dienone is 2. The predicted octanol–water partition coefficient (Wildman–Crippen LogP) is 9.76. The minimum absolute atomic E-state index is 0.148. The summed E-state index contributed by atoms with van der Waals surface area (Å²) >= 11 is 0. The second-order valence-electron chi connectivity index (χ2n) is 14.2. The lowest BCUT2D eigenvalue weighted by Gasteiger charge is -2.24. The molecular weight excluding hydrogens is 572 g/mol. The summed E-state index contributed by atoms with van der Waals surface area (Å²) in [4.78, 5) is 14.4. The Balaban J connectivity index is 3.69. The lowest BCUT2D eigenvalue weighted by Crippen LogP contribution is -2.37. The van der Waals surface area contributed by atoms with E-state index in [4.69, 9.17) is 4.74 Å². The molecular formula is C40H80N2O4. The van der Waals surface area contributed by atoms with Gasteiger partial charge in [0.2, 0.25) is 5.91 Å². The third kappa shape index (κ3) is 35.9. The fourth-order valence-corrected chi connectivity index (χ4v) is 5.93. The van der Waals surface area contributed by atoms with Crippen LogP contribution in [0.15, 0.2) is 12.2 Å². The molecule has 0 saturated carbocycles. The second-order valence-corrected chi connectivity index (χ2v) is 14.2. The van der Waals surface area contributed by atoms with Crippen molar-refractivity contribution in [2.45, 2.75) is 187 Å². The fraction of sp³-hybridized carbons (Fsp3) is 0.925. The van der Waals surface area contributed by atoms with Crippen LogP contribution in [0.4, 0.5) is 0 Å². The Morgan fingerprint density at radius 2 is 1.22 bits per heavy atom. The van der Waals surface area contributed by atoms with Crippen molar-refractivity contribution in [3.63, 3.8) is 0 Å². The van der Waals surface area contributed by atoms with Crippen molar-refractivity contribution in [1.29, 1.82) is 0 Å². The van der Waals surface area contributed by atoms with Gasteiger partial charge in [-0.05, 0) is 63.8 Å². The van der Waals surface area contributed by atoms with E-state index in [1.165, 1.54) is 122 Å². The van der Waals surface area contributed by atoms with Gasteiger partial charge in [0.1, 0.15) is 0 Å². The summed E-state index contributed by atoms with van der Waals surface area (Å²) in [5, 5.41) is 22.3. The zero-order valence-corrected chi connectivity index (χ0v) is 31.1. The number of hydrogen-bond donors (Lipinski definition) is 3. The van der Waals surface area contributed by atoms with Crippen molar-refractivity contribution in [3.05, 3.63) is 12.2 Å². The van der Waals surface area contributed by atoms with Crippen LogP contribution in [0.25, 0.3) is 0 Å². The smallest absolute Gasteiger partial charge is 0.219 e. The van der Waals surface area contributed by atoms with Gasteiger partial charge >= 0.3 is 0 Å². The van der Waals surface area contributed by atoms with Crippen molar-refractivity contribution in [2.24, 2.45) is 5.92 Å². The molecule has 0 aromatic rings. The fourth-order valence-electron chi connectivity index (χ4n) is 5.93. The van der Waals surface area contributed by atoms with E-state index in [9.17, 15) is 15.0 Å². The summed E-state index contributed by atoms with van der Waals surface area (Å²) in [7, 11) is 0. The van der Waals surface area contributed by atoms with Gasteiger partial charge in [-0.3, -0.25) is 4.79 Å². The Bertz CT molecular complexity index is 643. The topological polar surface area (TPSA) is 82.0 Å². The zero-order valence-electron chi connectivity index (χ0n) is 31.1. The summed E-state index contributed by atoms with van der Waals surface area (Å²) in [6.07, 6.45) is 34.8. The van der Waals surface area contributed by atoms with Gasteiger partial charge in [0, 0.05) is 39.3 Å². The highest BCUT2D eigenvalue weighted by atomic mass is 16.5. The lowest BCUT2D eigenvalue weighted by atomic mass is 10.0. The van der Waals surface area contributed by atoms with Crippen molar-refractivity contribution in [2.75, 3.05) is 46.0 Å². The van der Waals surface area contributed by atoms with Crippen molar-refractivity contribution in [1.82, 2.24) is 10.2 Å². The molecule has 0 saturated heterocycles. The number of carbonyl (C=O) groups is 1. The van der Waals surface area contributed by atoms with Crippen LogP contribution in [-0.2, 0) is 9.53 Å². The van der Waals surface area contributed by atoms with Gasteiger partial charge in [-0.2, -0.15) is 0 Å². The van der Waals surface area contributed by atoms with Crippen molar-refractivity contribution >= 4 is 5.91 Å². The van der Waals surface area contributed by atoms with E-state index >= 15 is 0 Å². The van der Waals surface area contributed by atoms with E-state index in [1.54, 1.807) is 0 Å². The quantitative estimate of drug-likeness (QED) is 0.0460. The molecule has 46 heavy (non-hydrogen) atoms. The largest absolute Gasteiger partial charge is 0.394 e. The van der Waals surface area contributed by atoms with Gasteiger partial charge in [0.15, 0.2) is 0 Å². The summed E-state index contributed by atoms with van der Waals surface area (Å²) < 4.78 is 5.86. The van der Waals surface area contributed by atoms with Crippen LogP contribution in [0.5, 0.6) is 0 Å². The Labute approximate surface area is 286 Å². The molecule has 0 aromatic carbocycles. The maximum absolute atomic E-state index is 12.3. The highest BCUT2D eigenvalue weighted by Crippen LogP contribution is 2.13. The molecule has 0 heterocycles. The third-order valence-corrected chi connectivity index (χ3v) is 8.90. The van der Waals surface area contributed by atoms with E-state index in [0.717, 1.165) is 64.3 Å². The average molecular weight is 653 g/mol. The molecule has 0 radical (unpaired) electrons. The minimum Gasteiger partial charge on any atom is -0.394 e. The molecule has 0 spiro atoms. The molecule has 0 aliphatic rings. The van der Waals surface area contributed by atoms with Gasteiger partial charge in [-0.25, -0.2) is 0 Å². The standard InChI is InChI=1S/C40H80N2O4/c1-4-5-6-7-8-9-10-11-12-13-14-15-19-22-25-30-40(45)41-31-27-32-42(36-39(44)37-43)33-28-35-46-34-26-23-20-17-16-18-21-24-29-38(2)3/h11-12,38-39,43-44H,4-10,13-37H2,1-3H3,(H,41,45)/b12-11-. The molecule has 0 aliphatic carbocycles. The monoisotopic (exact) mass is 653 g/mol. The molecule has 0 rings (SSSR count). The number of nitrogens with one attached hydrogen (secondary N) is 1. The first kappa shape index (κ1) is 45.0. The lowest BCUT2D eigenvalue weighted by molar-refractivity contribution is -0.121. The molecule has 6 nitrogen and oxygen atoms in total. The molecule has 1 amide bonds. The summed E-state index contributed by atoms with van der Waals surface area (Å²) in [6, 6.07) is 0. The molecule has 0 aliphatic heterocycles. The first-order valence-electron chi connectivity index (χ1n) is 20.0. The number of ether oxygens (including phenoxy) is 1. The molecule has 3 N–H and O–H groups in total. The maximum Gasteiger partial charge on any atom is 0.219 e. The normalized spacial score (nSPS) is 12.6. The number of rotatable bonds is 37. The number of hydrogen-bond acceptors (Lipinski definition) is 5. The van der Waals surface area contributed by atoms with Crippen molar-refractivity contribution in [3.8, 4) is 0 Å². The first-order valence-corrected chi connectivity index (χ1v) is 20.0. The van der Waals surface area contributed by atoms with Gasteiger partial charge < -0.3 is 25.2 Å². The SMILES string of the molecule is CCCCCCCC/C=C\CCCCCCCC(=O)NCCCN(CCCOCCCCCCCCCCC(C)C)CC(O)CO. The molecule has 0 fully saturated rings. The van der Waals surface area contributed by atoms with Crippen LogP contribution in [0.2, 0.25) is 0 Å². The number of aliphatic hydroxyl groups is 2. The molecule has 6 heteroatoms. The van der Waals surface area contributed by atoms with E-state index < -0.39 is 6.10 Å². The molecule has 0 aromatic heterocycles. The van der Waals surface area contributed by atoms with Crippen LogP contribution in [0.3, 0.4) is 0 Å². The number of amides is 1. The van der Waals surface area contributed by atoms with E-state index in [0.29, 0.717) is 19.5 Å². The Morgan fingerprint density at radius 1 is 0.696 bits per heavy atom. The average Bonchev–Trinajstić information content (AvgIpc) is 3.04. The Morgan fingerprint density at radius 3 is 1.83 bits per heavy atom. The zero-order chi connectivity index (χ0) is 33.8. The van der Waals surface area contributed by atoms with Crippen LogP contribution in [0.1, 0.15) is 181 Å². The molecule has 0 bridgehead atoms. The first-order chi connectivity index (χ1) is 22.5. The van der Waals surface area contributed by atoms with Crippen molar-refractivity contribution < 1.29 is 19.7 Å². The van der Waals surface area contributed by atoms with Gasteiger partial charge in [0.25, 0.3) is 0 Å². The van der Waals surface area contributed by atoms with E-state index in [1.807, 2.05) is 0 Å². The summed E-state index contributed by atoms with van der Waals surface area (Å²) in [5.41, 5.74) is 0. The molecule has 1 atom stereocenters. The van der Waals surface area contributed by atoms with Gasteiger partial charge in [-0.15, -0.1) is 0 Å². The molecule has 274 valence electrons. The summed E-state index contributed by atoms with van der Waals surface area (Å²) in [5.74, 6) is 0.987. The van der Waals surface area contributed by atoms with E-state index in [-0.39, 0.29) is 12.5 Å². The van der Waals surface area contributed by atoms with Crippen LogP contribution < -0.4 is 5.32 Å². The van der Waals surface area contributed by atoms with Crippen LogP contribution >= 0.6 is 0 Å². The van der Waals surface area contributed by atoms with E-state index in [2.05, 4.69) is 43.1 Å². The van der Waals surface area contributed by atoms with Gasteiger partial charge in [0.05, 0.1) is 12.7 Å². The highest BCUT2D eigenvalue weighted by Gasteiger charge is 2.11. The van der Waals surface area contributed by atoms with Gasteiger partial charge in [-0.1, -0.05) is 136 Å². The van der Waals surface area contributed by atoms with Crippen LogP contribution in [0, 0.1) is 5.92 Å². The molecule has 1 unspecified atom stereocenters. The minimum atomic E-state index is -0.730. The summed E-state index contributed by atoms with van der Waals surface area (Å²) in [6.45, 7) is 11.0. The Hall–Kier alpha value is -0.950. The Kier molecular flexibility index (Phi) is 36.1. The second kappa shape index (κ2) is 36.9. The van der Waals surface area contributed by atoms with Crippen LogP contribution in [-0.4, -0.2) is 73.1 Å². The maximum atomic E-state index is 12.3.